The van der Waals surface area contributed by atoms with Gasteiger partial charge in [-0.2, -0.15) is 0 Å². The fraction of sp³-hybridized carbons (Fsp3) is 0.0370. The van der Waals surface area contributed by atoms with Crippen LogP contribution in [0.4, 0.5) is 10.2 Å². The van der Waals surface area contributed by atoms with E-state index in [4.69, 9.17) is 10.5 Å². The number of rotatable bonds is 5. The summed E-state index contributed by atoms with van der Waals surface area (Å²) in [5, 5.41) is 1.11. The number of nitrogens with two attached hydrogens (primary N) is 1. The molecular formula is C27H20FN3O. The average molecular weight is 421 g/mol. The summed E-state index contributed by atoms with van der Waals surface area (Å²) in [5.41, 5.74) is 11.1. The molecule has 5 heteroatoms. The van der Waals surface area contributed by atoms with Crippen LogP contribution < -0.4 is 10.5 Å². The lowest BCUT2D eigenvalue weighted by molar-refractivity contribution is 0.302. The first-order valence-corrected chi connectivity index (χ1v) is 10.3. The maximum Gasteiger partial charge on any atom is 0.130 e. The Bertz CT molecular complexity index is 1380. The molecule has 0 aliphatic carbocycles. The van der Waals surface area contributed by atoms with Gasteiger partial charge in [0, 0.05) is 16.5 Å². The molecule has 0 saturated heterocycles. The van der Waals surface area contributed by atoms with Gasteiger partial charge in [0.15, 0.2) is 0 Å². The van der Waals surface area contributed by atoms with Crippen LogP contribution in [0.25, 0.3) is 33.3 Å². The van der Waals surface area contributed by atoms with E-state index in [1.54, 1.807) is 18.2 Å². The third-order valence-electron chi connectivity index (χ3n) is 5.24. The van der Waals surface area contributed by atoms with E-state index in [1.165, 1.54) is 12.1 Å². The number of hydrogen-bond acceptors (Lipinski definition) is 4. The van der Waals surface area contributed by atoms with Gasteiger partial charge in [0.25, 0.3) is 0 Å². The zero-order valence-electron chi connectivity index (χ0n) is 17.2. The number of nitrogens with zero attached hydrogens (tertiary/aromatic N) is 2. The number of anilines is 1. The molecule has 2 N–H and O–H groups in total. The van der Waals surface area contributed by atoms with Crippen LogP contribution >= 0.6 is 0 Å². The highest BCUT2D eigenvalue weighted by molar-refractivity contribution is 5.82. The highest BCUT2D eigenvalue weighted by Crippen LogP contribution is 2.32. The van der Waals surface area contributed by atoms with Crippen LogP contribution in [0.1, 0.15) is 5.69 Å². The lowest BCUT2D eigenvalue weighted by Crippen LogP contribution is -1.98. The van der Waals surface area contributed by atoms with Crippen molar-refractivity contribution >= 4 is 16.7 Å². The zero-order chi connectivity index (χ0) is 21.9. The molecule has 0 atom stereocenters. The smallest absolute Gasteiger partial charge is 0.130 e. The number of nitrogen functional groups attached to an aromatic ring is 1. The highest BCUT2D eigenvalue weighted by atomic mass is 19.1. The predicted octanol–water partition coefficient (Wildman–Crippen LogP) is 6.26. The number of fused-ring (bicyclic) bond motifs is 1. The van der Waals surface area contributed by atoms with Crippen molar-refractivity contribution in [1.82, 2.24) is 9.97 Å². The summed E-state index contributed by atoms with van der Waals surface area (Å²) in [5.74, 6) is 0.868. The van der Waals surface area contributed by atoms with Crippen molar-refractivity contribution in [3.8, 4) is 28.1 Å². The number of pyridine rings is 2. The van der Waals surface area contributed by atoms with Crippen molar-refractivity contribution in [2.75, 3.05) is 5.73 Å². The Morgan fingerprint density at radius 2 is 1.47 bits per heavy atom. The van der Waals surface area contributed by atoms with Crippen LogP contribution in [0, 0.1) is 5.82 Å². The molecule has 156 valence electrons. The van der Waals surface area contributed by atoms with Gasteiger partial charge in [0.1, 0.15) is 24.0 Å². The minimum absolute atomic E-state index is 0.290. The number of halogens is 1. The third kappa shape index (κ3) is 4.14. The number of ether oxygens (including phenoxy) is 1. The Labute approximate surface area is 185 Å². The molecule has 3 aromatic carbocycles. The van der Waals surface area contributed by atoms with E-state index in [2.05, 4.69) is 16.0 Å². The van der Waals surface area contributed by atoms with Crippen molar-refractivity contribution in [3.05, 3.63) is 109 Å². The average Bonchev–Trinajstić information content (AvgIpc) is 2.83. The van der Waals surface area contributed by atoms with E-state index < -0.39 is 0 Å². The van der Waals surface area contributed by atoms with Crippen molar-refractivity contribution in [1.29, 1.82) is 0 Å². The van der Waals surface area contributed by atoms with Crippen molar-refractivity contribution in [2.24, 2.45) is 0 Å². The zero-order valence-corrected chi connectivity index (χ0v) is 17.2. The van der Waals surface area contributed by atoms with E-state index in [-0.39, 0.29) is 5.82 Å². The monoisotopic (exact) mass is 421 g/mol. The van der Waals surface area contributed by atoms with Gasteiger partial charge in [-0.15, -0.1) is 0 Å². The second-order valence-electron chi connectivity index (χ2n) is 7.45. The SMILES string of the molecule is Nc1ccc(-c2ccc(OCc3ccc4ccccc4n3)cc2)c(-c2ccc(F)cc2)n1. The highest BCUT2D eigenvalue weighted by Gasteiger charge is 2.11. The molecule has 0 aliphatic heterocycles. The molecule has 0 spiro atoms. The summed E-state index contributed by atoms with van der Waals surface area (Å²) in [4.78, 5) is 9.13. The molecule has 5 rings (SSSR count). The fourth-order valence-corrected chi connectivity index (χ4v) is 3.61. The standard InChI is InChI=1S/C27H20FN3O/c28-21-10-5-20(6-11-21)27-24(15-16-26(29)31-27)18-8-13-23(14-9-18)32-17-22-12-7-19-3-1-2-4-25(19)30-22/h1-16H,17H2,(H2,29,31). The van der Waals surface area contributed by atoms with Crippen LogP contribution in [-0.4, -0.2) is 9.97 Å². The van der Waals surface area contributed by atoms with Gasteiger partial charge in [-0.25, -0.2) is 14.4 Å². The van der Waals surface area contributed by atoms with Gasteiger partial charge in [-0.05, 0) is 66.2 Å². The second-order valence-corrected chi connectivity index (χ2v) is 7.45. The molecule has 4 nitrogen and oxygen atoms in total. The number of para-hydroxylation sites is 1. The molecule has 0 unspecified atom stereocenters. The van der Waals surface area contributed by atoms with E-state index in [0.29, 0.717) is 18.1 Å². The molecule has 0 radical (unpaired) electrons. The third-order valence-corrected chi connectivity index (χ3v) is 5.24. The number of aromatic nitrogens is 2. The lowest BCUT2D eigenvalue weighted by atomic mass is 9.99. The summed E-state index contributed by atoms with van der Waals surface area (Å²) in [6, 6.07) is 29.8. The molecule has 0 aliphatic rings. The van der Waals surface area contributed by atoms with Crippen LogP contribution in [0.3, 0.4) is 0 Å². The van der Waals surface area contributed by atoms with Crippen LogP contribution in [0.15, 0.2) is 97.1 Å². The minimum atomic E-state index is -0.290. The second kappa shape index (κ2) is 8.47. The van der Waals surface area contributed by atoms with Gasteiger partial charge in [0.2, 0.25) is 0 Å². The molecule has 2 heterocycles. The predicted molar refractivity (Wildman–Crippen MR) is 126 cm³/mol. The summed E-state index contributed by atoms with van der Waals surface area (Å²) in [6.07, 6.45) is 0. The topological polar surface area (TPSA) is 61.0 Å². The minimum Gasteiger partial charge on any atom is -0.487 e. The van der Waals surface area contributed by atoms with Crippen LogP contribution in [0.5, 0.6) is 5.75 Å². The summed E-state index contributed by atoms with van der Waals surface area (Å²) >= 11 is 0. The first kappa shape index (κ1) is 19.7. The van der Waals surface area contributed by atoms with Gasteiger partial charge < -0.3 is 10.5 Å². The van der Waals surface area contributed by atoms with E-state index in [1.807, 2.05) is 60.7 Å². The molecule has 0 fully saturated rings. The number of hydrogen-bond donors (Lipinski definition) is 1. The van der Waals surface area contributed by atoms with Gasteiger partial charge in [0.05, 0.1) is 16.9 Å². The summed E-state index contributed by atoms with van der Waals surface area (Å²) < 4.78 is 19.3. The molecular weight excluding hydrogens is 401 g/mol. The Hall–Kier alpha value is -4.25. The fourth-order valence-electron chi connectivity index (χ4n) is 3.61. The molecule has 0 amide bonds. The molecule has 5 aromatic rings. The Kier molecular flexibility index (Phi) is 5.22. The first-order valence-electron chi connectivity index (χ1n) is 10.3. The summed E-state index contributed by atoms with van der Waals surface area (Å²) in [7, 11) is 0. The van der Waals surface area contributed by atoms with Crippen molar-refractivity contribution in [2.45, 2.75) is 6.61 Å². The van der Waals surface area contributed by atoms with E-state index >= 15 is 0 Å². The van der Waals surface area contributed by atoms with Crippen molar-refractivity contribution in [3.63, 3.8) is 0 Å². The van der Waals surface area contributed by atoms with Crippen LogP contribution in [-0.2, 0) is 6.61 Å². The Morgan fingerprint density at radius 1 is 0.719 bits per heavy atom. The number of benzene rings is 3. The maximum absolute atomic E-state index is 13.4. The van der Waals surface area contributed by atoms with E-state index in [0.717, 1.165) is 39.0 Å². The first-order chi connectivity index (χ1) is 15.7. The largest absolute Gasteiger partial charge is 0.487 e. The quantitative estimate of drug-likeness (QED) is 0.364. The van der Waals surface area contributed by atoms with E-state index in [9.17, 15) is 4.39 Å². The Morgan fingerprint density at radius 3 is 2.28 bits per heavy atom. The maximum atomic E-state index is 13.4. The summed E-state index contributed by atoms with van der Waals surface area (Å²) in [6.45, 7) is 0.383. The molecule has 2 aromatic heterocycles. The van der Waals surface area contributed by atoms with Gasteiger partial charge in [-0.1, -0.05) is 36.4 Å². The lowest BCUT2D eigenvalue weighted by Gasteiger charge is -2.12. The normalized spacial score (nSPS) is 10.9. The molecule has 32 heavy (non-hydrogen) atoms. The molecule has 0 bridgehead atoms. The Balaban J connectivity index is 1.37. The van der Waals surface area contributed by atoms with Crippen molar-refractivity contribution < 1.29 is 9.13 Å². The van der Waals surface area contributed by atoms with Gasteiger partial charge in [-0.3, -0.25) is 0 Å². The van der Waals surface area contributed by atoms with Crippen LogP contribution in [0.2, 0.25) is 0 Å². The van der Waals surface area contributed by atoms with Gasteiger partial charge >= 0.3 is 0 Å². The molecule has 0 saturated carbocycles.